The van der Waals surface area contributed by atoms with E-state index in [-0.39, 0.29) is 17.7 Å². The molecule has 1 atom stereocenters. The van der Waals surface area contributed by atoms with Gasteiger partial charge in [-0.15, -0.1) is 0 Å². The van der Waals surface area contributed by atoms with Gasteiger partial charge in [-0.3, -0.25) is 9.59 Å². The Morgan fingerprint density at radius 2 is 2.13 bits per heavy atom. The van der Waals surface area contributed by atoms with E-state index in [1.807, 2.05) is 0 Å². The molecular weight excluding hydrogens is 194 g/mol. The fourth-order valence-corrected chi connectivity index (χ4v) is 1.15. The summed E-state index contributed by atoms with van der Waals surface area (Å²) in [6.07, 6.45) is 2.68. The van der Waals surface area contributed by atoms with Crippen LogP contribution in [0, 0.1) is 5.92 Å². The molecule has 1 saturated carbocycles. The summed E-state index contributed by atoms with van der Waals surface area (Å²) in [6.45, 7) is 2.89. The molecule has 2 amide bonds. The Balaban J connectivity index is 1.95. The molecule has 0 heterocycles. The monoisotopic (exact) mass is 213 g/mol. The first-order valence-electron chi connectivity index (χ1n) is 5.39. The van der Waals surface area contributed by atoms with E-state index in [2.05, 4.69) is 10.6 Å². The summed E-state index contributed by atoms with van der Waals surface area (Å²) < 4.78 is 0. The van der Waals surface area contributed by atoms with Gasteiger partial charge >= 0.3 is 0 Å². The van der Waals surface area contributed by atoms with Crippen molar-refractivity contribution in [1.82, 2.24) is 10.6 Å². The van der Waals surface area contributed by atoms with E-state index in [0.717, 1.165) is 12.8 Å². The summed E-state index contributed by atoms with van der Waals surface area (Å²) in [5.74, 6) is -0.418. The van der Waals surface area contributed by atoms with E-state index in [0.29, 0.717) is 25.6 Å². The molecule has 1 rings (SSSR count). The van der Waals surface area contributed by atoms with Gasteiger partial charge < -0.3 is 16.4 Å². The van der Waals surface area contributed by atoms with Gasteiger partial charge in [-0.05, 0) is 12.8 Å². The number of carbonyl (C=O) groups is 2. The average molecular weight is 213 g/mol. The summed E-state index contributed by atoms with van der Waals surface area (Å²) in [7, 11) is 0. The van der Waals surface area contributed by atoms with Crippen molar-refractivity contribution in [2.75, 3.05) is 13.1 Å². The predicted octanol–water partition coefficient (Wildman–Crippen LogP) is -0.634. The van der Waals surface area contributed by atoms with Crippen molar-refractivity contribution in [3.63, 3.8) is 0 Å². The first kappa shape index (κ1) is 12.0. The van der Waals surface area contributed by atoms with Crippen LogP contribution in [-0.4, -0.2) is 30.9 Å². The first-order chi connectivity index (χ1) is 7.09. The van der Waals surface area contributed by atoms with E-state index < -0.39 is 0 Å². The lowest BCUT2D eigenvalue weighted by Gasteiger charge is -2.08. The maximum atomic E-state index is 11.2. The molecule has 5 heteroatoms. The smallest absolute Gasteiger partial charge is 0.221 e. The molecule has 0 aromatic carbocycles. The van der Waals surface area contributed by atoms with Gasteiger partial charge in [0.05, 0.1) is 0 Å². The van der Waals surface area contributed by atoms with Crippen molar-refractivity contribution in [1.29, 1.82) is 0 Å². The minimum Gasteiger partial charge on any atom is -0.369 e. The van der Waals surface area contributed by atoms with Crippen LogP contribution in [0.25, 0.3) is 0 Å². The number of hydrogen-bond acceptors (Lipinski definition) is 3. The second-order valence-electron chi connectivity index (χ2n) is 4.10. The van der Waals surface area contributed by atoms with Gasteiger partial charge in [0.2, 0.25) is 11.8 Å². The highest BCUT2D eigenvalue weighted by atomic mass is 16.2. The van der Waals surface area contributed by atoms with Crippen molar-refractivity contribution < 1.29 is 9.59 Å². The minimum atomic E-state index is -0.315. The number of primary amides is 1. The molecule has 0 aliphatic heterocycles. The highest BCUT2D eigenvalue weighted by Crippen LogP contribution is 2.18. The van der Waals surface area contributed by atoms with Crippen molar-refractivity contribution >= 4 is 11.8 Å². The van der Waals surface area contributed by atoms with Gasteiger partial charge in [0, 0.05) is 31.5 Å². The maximum Gasteiger partial charge on any atom is 0.221 e. The highest BCUT2D eigenvalue weighted by molar-refractivity contribution is 5.77. The van der Waals surface area contributed by atoms with Crippen molar-refractivity contribution in [2.45, 2.75) is 32.2 Å². The van der Waals surface area contributed by atoms with Gasteiger partial charge in [0.15, 0.2) is 0 Å². The lowest BCUT2D eigenvalue weighted by molar-refractivity contribution is -0.121. The Labute approximate surface area is 89.8 Å². The standard InChI is InChI=1S/C10H19N3O2/c1-7(10(11)15)6-12-5-4-9(14)13-8-2-3-8/h7-8,12H,2-6H2,1H3,(H2,11,15)(H,13,14). The molecule has 1 aliphatic rings. The third-order valence-corrected chi connectivity index (χ3v) is 2.41. The van der Waals surface area contributed by atoms with Crippen LogP contribution in [0.15, 0.2) is 0 Å². The zero-order valence-electron chi connectivity index (χ0n) is 9.08. The van der Waals surface area contributed by atoms with Gasteiger partial charge in [0.1, 0.15) is 0 Å². The molecule has 0 aromatic rings. The Hall–Kier alpha value is -1.10. The third-order valence-electron chi connectivity index (χ3n) is 2.41. The number of hydrogen-bond donors (Lipinski definition) is 3. The number of nitrogens with two attached hydrogens (primary N) is 1. The molecule has 86 valence electrons. The highest BCUT2D eigenvalue weighted by Gasteiger charge is 2.22. The molecule has 1 fully saturated rings. The Kier molecular flexibility index (Phi) is 4.55. The van der Waals surface area contributed by atoms with Gasteiger partial charge in [0.25, 0.3) is 0 Å². The Bertz CT molecular complexity index is 239. The van der Waals surface area contributed by atoms with Crippen LogP contribution in [0.4, 0.5) is 0 Å². The quantitative estimate of drug-likeness (QED) is 0.492. The van der Waals surface area contributed by atoms with E-state index in [1.54, 1.807) is 6.92 Å². The number of amides is 2. The molecule has 0 bridgehead atoms. The first-order valence-corrected chi connectivity index (χ1v) is 5.39. The van der Waals surface area contributed by atoms with Crippen LogP contribution >= 0.6 is 0 Å². The minimum absolute atomic E-state index is 0.0803. The zero-order valence-corrected chi connectivity index (χ0v) is 9.08. The summed E-state index contributed by atoms with van der Waals surface area (Å²) in [5.41, 5.74) is 5.09. The fraction of sp³-hybridized carbons (Fsp3) is 0.800. The fourth-order valence-electron chi connectivity index (χ4n) is 1.15. The maximum absolute atomic E-state index is 11.2. The molecule has 0 radical (unpaired) electrons. The largest absolute Gasteiger partial charge is 0.369 e. The number of nitrogens with one attached hydrogen (secondary N) is 2. The lowest BCUT2D eigenvalue weighted by Crippen LogP contribution is -2.34. The SMILES string of the molecule is CC(CNCCC(=O)NC1CC1)C(N)=O. The van der Waals surface area contributed by atoms with Crippen molar-refractivity contribution in [2.24, 2.45) is 11.7 Å². The Morgan fingerprint density at radius 1 is 1.47 bits per heavy atom. The van der Waals surface area contributed by atoms with E-state index in [4.69, 9.17) is 5.73 Å². The van der Waals surface area contributed by atoms with Crippen LogP contribution in [0.3, 0.4) is 0 Å². The summed E-state index contributed by atoms with van der Waals surface area (Å²) >= 11 is 0. The molecular formula is C10H19N3O2. The van der Waals surface area contributed by atoms with Crippen LogP contribution in [0.2, 0.25) is 0 Å². The Morgan fingerprint density at radius 3 is 2.67 bits per heavy atom. The van der Waals surface area contributed by atoms with Crippen molar-refractivity contribution in [3.8, 4) is 0 Å². The molecule has 0 spiro atoms. The van der Waals surface area contributed by atoms with Crippen molar-refractivity contribution in [3.05, 3.63) is 0 Å². The van der Waals surface area contributed by atoms with Gasteiger partial charge in [-0.2, -0.15) is 0 Å². The number of rotatable bonds is 7. The lowest BCUT2D eigenvalue weighted by atomic mass is 10.2. The van der Waals surface area contributed by atoms with E-state index in [9.17, 15) is 9.59 Å². The average Bonchev–Trinajstić information content (AvgIpc) is 2.95. The summed E-state index contributed by atoms with van der Waals surface area (Å²) in [6, 6.07) is 0.419. The second-order valence-corrected chi connectivity index (χ2v) is 4.10. The van der Waals surface area contributed by atoms with E-state index >= 15 is 0 Å². The molecule has 1 aliphatic carbocycles. The van der Waals surface area contributed by atoms with Gasteiger partial charge in [-0.1, -0.05) is 6.92 Å². The zero-order chi connectivity index (χ0) is 11.3. The second kappa shape index (κ2) is 5.70. The molecule has 15 heavy (non-hydrogen) atoms. The summed E-state index contributed by atoms with van der Waals surface area (Å²) in [5, 5.41) is 5.92. The molecule has 1 unspecified atom stereocenters. The normalized spacial score (nSPS) is 17.1. The third kappa shape index (κ3) is 5.37. The number of carbonyl (C=O) groups excluding carboxylic acids is 2. The van der Waals surface area contributed by atoms with Gasteiger partial charge in [-0.25, -0.2) is 0 Å². The summed E-state index contributed by atoms with van der Waals surface area (Å²) in [4.78, 5) is 21.9. The van der Waals surface area contributed by atoms with Crippen LogP contribution < -0.4 is 16.4 Å². The van der Waals surface area contributed by atoms with E-state index in [1.165, 1.54) is 0 Å². The van der Waals surface area contributed by atoms with Crippen LogP contribution in [0.1, 0.15) is 26.2 Å². The molecule has 4 N–H and O–H groups in total. The topological polar surface area (TPSA) is 84.2 Å². The predicted molar refractivity (Wildman–Crippen MR) is 57.0 cm³/mol. The molecule has 5 nitrogen and oxygen atoms in total. The van der Waals surface area contributed by atoms with Crippen LogP contribution in [-0.2, 0) is 9.59 Å². The van der Waals surface area contributed by atoms with Crippen LogP contribution in [0.5, 0.6) is 0 Å². The molecule has 0 aromatic heterocycles. The molecule has 0 saturated heterocycles.